The molecule has 14 nitrogen and oxygen atoms in total. The number of hydrogen-bond donors (Lipinski definition) is 3. The monoisotopic (exact) mass is 617 g/mol. The van der Waals surface area contributed by atoms with E-state index in [2.05, 4.69) is 25.0 Å². The molecule has 16 heteroatoms. The van der Waals surface area contributed by atoms with Crippen molar-refractivity contribution in [2.75, 3.05) is 33.4 Å². The fraction of sp³-hybridized carbons (Fsp3) is 0.423. The normalized spacial score (nSPS) is 19.9. The number of ether oxygens (including phenoxy) is 2. The van der Waals surface area contributed by atoms with E-state index in [1.165, 1.54) is 29.4 Å². The number of nitrogens with two attached hydrogens (primary N) is 1. The number of amides is 2. The van der Waals surface area contributed by atoms with Gasteiger partial charge in [0.05, 0.1) is 19.4 Å². The minimum absolute atomic E-state index is 0.0225. The van der Waals surface area contributed by atoms with Gasteiger partial charge in [0.15, 0.2) is 5.01 Å². The van der Waals surface area contributed by atoms with Crippen molar-refractivity contribution < 1.29 is 32.3 Å². The lowest BCUT2D eigenvalue weighted by molar-refractivity contribution is -0.149. The zero-order chi connectivity index (χ0) is 30.2. The Morgan fingerprint density at radius 2 is 2.02 bits per heavy atom. The van der Waals surface area contributed by atoms with Crippen molar-refractivity contribution >= 4 is 56.1 Å². The van der Waals surface area contributed by atoms with Crippen LogP contribution in [-0.2, 0) is 37.3 Å². The molecule has 3 aromatic rings. The number of nitrogens with zero attached hydrogens (tertiary/aromatic N) is 4. The van der Waals surface area contributed by atoms with Crippen LogP contribution in [0, 0.1) is 0 Å². The third-order valence-corrected chi connectivity index (χ3v) is 10.0. The molecule has 2 aliphatic heterocycles. The highest BCUT2D eigenvalue weighted by Crippen LogP contribution is 2.28. The second-order valence-electron chi connectivity index (χ2n) is 9.91. The first kappa shape index (κ1) is 29.6. The summed E-state index contributed by atoms with van der Waals surface area (Å²) < 4.78 is 38.3. The number of aromatic amines is 1. The number of thiazole rings is 1. The molecule has 5 rings (SSSR count). The SMILES string of the molecule is CCOC(=O)C1CN(S(=O)(=O)c2cc3ccc(C(N)=NC(=O)OC)cc3[nH]2)CCN1C(=O)c1nc2c(s1)CNC(C)C2. The maximum absolute atomic E-state index is 13.7. The fourth-order valence-corrected chi connectivity index (χ4v) is 7.38. The second kappa shape index (κ2) is 11.8. The first-order chi connectivity index (χ1) is 20.0. The number of aromatic nitrogens is 2. The van der Waals surface area contributed by atoms with Crippen LogP contribution in [0.1, 0.15) is 39.8 Å². The average molecular weight is 618 g/mol. The number of aliphatic imine (C=N–C) groups is 1. The molecular weight excluding hydrogens is 586 g/mol. The minimum atomic E-state index is -4.11. The third-order valence-electron chi connectivity index (χ3n) is 7.13. The fourth-order valence-electron chi connectivity index (χ4n) is 4.93. The van der Waals surface area contributed by atoms with Crippen LogP contribution in [-0.4, -0.2) is 96.8 Å². The molecule has 224 valence electrons. The van der Waals surface area contributed by atoms with Gasteiger partial charge in [-0.3, -0.25) is 4.79 Å². The molecule has 2 atom stereocenters. The molecule has 0 saturated carbocycles. The van der Waals surface area contributed by atoms with Crippen LogP contribution in [0.3, 0.4) is 0 Å². The van der Waals surface area contributed by atoms with Gasteiger partial charge in [0.1, 0.15) is 16.9 Å². The lowest BCUT2D eigenvalue weighted by atomic mass is 10.1. The molecule has 2 unspecified atom stereocenters. The molecule has 2 amide bonds. The molecule has 0 aliphatic carbocycles. The van der Waals surface area contributed by atoms with Crippen molar-refractivity contribution in [1.82, 2.24) is 24.5 Å². The Morgan fingerprint density at radius 3 is 2.76 bits per heavy atom. The van der Waals surface area contributed by atoms with E-state index in [-0.39, 0.29) is 48.2 Å². The van der Waals surface area contributed by atoms with Crippen molar-refractivity contribution in [3.8, 4) is 0 Å². The number of esters is 1. The van der Waals surface area contributed by atoms with Gasteiger partial charge in [-0.1, -0.05) is 12.1 Å². The average Bonchev–Trinajstić information content (AvgIpc) is 3.60. The Kier molecular flexibility index (Phi) is 8.32. The maximum atomic E-state index is 13.7. The van der Waals surface area contributed by atoms with Gasteiger partial charge < -0.3 is 30.4 Å². The van der Waals surface area contributed by atoms with Gasteiger partial charge in [-0.15, -0.1) is 11.3 Å². The van der Waals surface area contributed by atoms with Crippen molar-refractivity contribution in [3.63, 3.8) is 0 Å². The van der Waals surface area contributed by atoms with Gasteiger partial charge in [0, 0.05) is 60.0 Å². The van der Waals surface area contributed by atoms with Crippen LogP contribution in [0.2, 0.25) is 0 Å². The second-order valence-corrected chi connectivity index (χ2v) is 12.9. The lowest BCUT2D eigenvalue weighted by Crippen LogP contribution is -2.59. The van der Waals surface area contributed by atoms with Gasteiger partial charge in [0.2, 0.25) is 0 Å². The summed E-state index contributed by atoms with van der Waals surface area (Å²) in [7, 11) is -2.93. The van der Waals surface area contributed by atoms with E-state index in [1.54, 1.807) is 25.1 Å². The van der Waals surface area contributed by atoms with Crippen LogP contribution >= 0.6 is 11.3 Å². The van der Waals surface area contributed by atoms with Gasteiger partial charge in [-0.25, -0.2) is 23.0 Å². The number of fused-ring (bicyclic) bond motifs is 2. The summed E-state index contributed by atoms with van der Waals surface area (Å²) in [5.41, 5.74) is 7.58. The molecule has 0 radical (unpaired) electrons. The van der Waals surface area contributed by atoms with E-state index in [1.807, 2.05) is 6.92 Å². The van der Waals surface area contributed by atoms with Gasteiger partial charge in [-0.2, -0.15) is 9.30 Å². The summed E-state index contributed by atoms with van der Waals surface area (Å²) in [6.45, 7) is 4.04. The number of H-pyrrole nitrogens is 1. The number of benzene rings is 1. The molecule has 4 N–H and O–H groups in total. The zero-order valence-corrected chi connectivity index (χ0v) is 24.9. The molecular formula is C26H31N7O7S2. The molecule has 1 fully saturated rings. The minimum Gasteiger partial charge on any atom is -0.464 e. The Morgan fingerprint density at radius 1 is 1.24 bits per heavy atom. The van der Waals surface area contributed by atoms with Gasteiger partial charge >= 0.3 is 12.1 Å². The van der Waals surface area contributed by atoms with Crippen molar-refractivity contribution in [1.29, 1.82) is 0 Å². The molecule has 4 heterocycles. The van der Waals surface area contributed by atoms with Crippen LogP contribution in [0.25, 0.3) is 10.9 Å². The number of amidine groups is 1. The van der Waals surface area contributed by atoms with Crippen molar-refractivity contribution in [2.45, 2.75) is 43.9 Å². The Bertz CT molecular complexity index is 1680. The molecule has 2 aliphatic rings. The first-order valence-electron chi connectivity index (χ1n) is 13.3. The van der Waals surface area contributed by atoms with Crippen LogP contribution in [0.5, 0.6) is 0 Å². The Hall–Kier alpha value is -3.86. The van der Waals surface area contributed by atoms with E-state index in [0.29, 0.717) is 29.4 Å². The number of nitrogens with one attached hydrogen (secondary N) is 2. The third kappa shape index (κ3) is 5.74. The number of hydrogen-bond acceptors (Lipinski definition) is 10. The van der Waals surface area contributed by atoms with E-state index in [0.717, 1.165) is 14.9 Å². The molecule has 0 bridgehead atoms. The first-order valence-corrected chi connectivity index (χ1v) is 15.5. The molecule has 1 saturated heterocycles. The van der Waals surface area contributed by atoms with Gasteiger partial charge in [0.25, 0.3) is 15.9 Å². The number of carbonyl (C=O) groups is 3. The highest BCUT2D eigenvalue weighted by Gasteiger charge is 2.42. The summed E-state index contributed by atoms with van der Waals surface area (Å²) in [5.74, 6) is -1.21. The molecule has 1 aromatic carbocycles. The van der Waals surface area contributed by atoms with Crippen LogP contribution in [0.15, 0.2) is 34.3 Å². The Labute approximate surface area is 245 Å². The molecule has 42 heavy (non-hydrogen) atoms. The van der Waals surface area contributed by atoms with E-state index >= 15 is 0 Å². The van der Waals surface area contributed by atoms with Crippen molar-refractivity contribution in [2.24, 2.45) is 10.7 Å². The van der Waals surface area contributed by atoms with Crippen LogP contribution < -0.4 is 11.1 Å². The molecule has 0 spiro atoms. The topological polar surface area (TPSA) is 189 Å². The number of methoxy groups -OCH3 is 1. The number of piperazine rings is 1. The number of sulfonamides is 1. The van der Waals surface area contributed by atoms with Crippen LogP contribution in [0.4, 0.5) is 4.79 Å². The van der Waals surface area contributed by atoms with Crippen molar-refractivity contribution in [3.05, 3.63) is 45.4 Å². The number of rotatable bonds is 6. The lowest BCUT2D eigenvalue weighted by Gasteiger charge is -2.38. The quantitative estimate of drug-likeness (QED) is 0.206. The predicted octanol–water partition coefficient (Wildman–Crippen LogP) is 1.21. The van der Waals surface area contributed by atoms with E-state index < -0.39 is 34.0 Å². The van der Waals surface area contributed by atoms with E-state index in [9.17, 15) is 22.8 Å². The highest BCUT2D eigenvalue weighted by molar-refractivity contribution is 7.89. The van der Waals surface area contributed by atoms with E-state index in [4.69, 9.17) is 10.5 Å². The van der Waals surface area contributed by atoms with Gasteiger partial charge in [-0.05, 0) is 26.0 Å². The summed E-state index contributed by atoms with van der Waals surface area (Å²) in [6, 6.07) is 5.37. The smallest absolute Gasteiger partial charge is 0.435 e. The summed E-state index contributed by atoms with van der Waals surface area (Å²) in [5, 5.41) is 4.09. The number of carbonyl (C=O) groups excluding carboxylic acids is 3. The summed E-state index contributed by atoms with van der Waals surface area (Å²) in [6.07, 6.45) is -0.166. The summed E-state index contributed by atoms with van der Waals surface area (Å²) in [4.78, 5) is 51.4. The molecule has 2 aromatic heterocycles. The zero-order valence-electron chi connectivity index (χ0n) is 23.2. The predicted molar refractivity (Wildman–Crippen MR) is 154 cm³/mol. The highest BCUT2D eigenvalue weighted by atomic mass is 32.2. The standard InChI is InChI=1S/C26H31N7O7S2/c1-4-40-25(35)19-13-32(7-8-33(19)24(34)23-30-18-9-14(2)28-12-20(18)41-23)42(37,38)21-11-15-5-6-16(10-17(15)29-21)22(27)31-26(36)39-3/h5-6,10-11,14,19,28-29H,4,7-9,12-13H2,1-3H3,(H2,27,31,36). The largest absolute Gasteiger partial charge is 0.464 e. The maximum Gasteiger partial charge on any atom is 0.435 e. The summed E-state index contributed by atoms with van der Waals surface area (Å²) >= 11 is 1.28. The Balaban J connectivity index is 1.39.